The van der Waals surface area contributed by atoms with Gasteiger partial charge in [-0.25, -0.2) is 9.18 Å². The van der Waals surface area contributed by atoms with Gasteiger partial charge in [0.15, 0.2) is 11.6 Å². The summed E-state index contributed by atoms with van der Waals surface area (Å²) in [4.78, 5) is 10.7. The Bertz CT molecular complexity index is 399. The van der Waals surface area contributed by atoms with Gasteiger partial charge in [0.1, 0.15) is 6.61 Å². The molecular formula is C11H11FO3. The van der Waals surface area contributed by atoms with Gasteiger partial charge in [-0.1, -0.05) is 12.7 Å². The summed E-state index contributed by atoms with van der Waals surface area (Å²) in [6.45, 7) is 5.20. The number of halogens is 1. The quantitative estimate of drug-likeness (QED) is 0.776. The van der Waals surface area contributed by atoms with Crippen LogP contribution < -0.4 is 4.74 Å². The second-order valence-corrected chi connectivity index (χ2v) is 3.00. The van der Waals surface area contributed by atoms with E-state index in [1.807, 2.05) is 0 Å². The van der Waals surface area contributed by atoms with Crippen LogP contribution in [0.1, 0.15) is 15.9 Å². The second kappa shape index (κ2) is 4.59. The number of carboxylic acids is 1. The molecule has 15 heavy (non-hydrogen) atoms. The van der Waals surface area contributed by atoms with E-state index < -0.39 is 11.8 Å². The molecule has 80 valence electrons. The van der Waals surface area contributed by atoms with Crippen molar-refractivity contribution >= 4 is 5.97 Å². The first-order valence-corrected chi connectivity index (χ1v) is 4.33. The van der Waals surface area contributed by atoms with Crippen molar-refractivity contribution in [3.8, 4) is 5.75 Å². The Morgan fingerprint density at radius 2 is 2.33 bits per heavy atom. The Labute approximate surface area is 86.8 Å². The van der Waals surface area contributed by atoms with E-state index in [2.05, 4.69) is 6.58 Å². The molecule has 1 N–H and O–H groups in total. The number of hydrogen-bond acceptors (Lipinski definition) is 2. The fourth-order valence-corrected chi connectivity index (χ4v) is 1.14. The largest absolute Gasteiger partial charge is 0.486 e. The Hall–Kier alpha value is -1.84. The average Bonchev–Trinajstić information content (AvgIpc) is 2.18. The minimum absolute atomic E-state index is 0.0393. The van der Waals surface area contributed by atoms with Crippen molar-refractivity contribution in [3.63, 3.8) is 0 Å². The molecule has 0 bridgehead atoms. The summed E-state index contributed by atoms with van der Waals surface area (Å²) in [6, 6.07) is 2.32. The van der Waals surface area contributed by atoms with Gasteiger partial charge in [-0.05, 0) is 24.6 Å². The topological polar surface area (TPSA) is 46.5 Å². The Kier molecular flexibility index (Phi) is 3.44. The SMILES string of the molecule is C=CCOc1cc(C)c(C(=O)O)cc1F. The van der Waals surface area contributed by atoms with Crippen molar-refractivity contribution in [3.05, 3.63) is 41.7 Å². The first-order chi connectivity index (χ1) is 7.06. The standard InChI is InChI=1S/C11H11FO3/c1-3-4-15-10-5-7(2)8(11(13)14)6-9(10)12/h3,5-6H,1,4H2,2H3,(H,13,14). The smallest absolute Gasteiger partial charge is 0.336 e. The molecule has 0 saturated heterocycles. The third-order valence-electron chi connectivity index (χ3n) is 1.87. The highest BCUT2D eigenvalue weighted by atomic mass is 19.1. The van der Waals surface area contributed by atoms with E-state index in [9.17, 15) is 9.18 Å². The van der Waals surface area contributed by atoms with Crippen LogP contribution in [0.25, 0.3) is 0 Å². The second-order valence-electron chi connectivity index (χ2n) is 3.00. The molecule has 0 aliphatic rings. The van der Waals surface area contributed by atoms with Gasteiger partial charge in [-0.3, -0.25) is 0 Å². The monoisotopic (exact) mass is 210 g/mol. The minimum Gasteiger partial charge on any atom is -0.486 e. The lowest BCUT2D eigenvalue weighted by Crippen LogP contribution is -2.03. The zero-order valence-electron chi connectivity index (χ0n) is 8.29. The van der Waals surface area contributed by atoms with Gasteiger partial charge < -0.3 is 9.84 Å². The first-order valence-electron chi connectivity index (χ1n) is 4.33. The maximum absolute atomic E-state index is 13.3. The van der Waals surface area contributed by atoms with Crippen LogP contribution in [0.5, 0.6) is 5.75 Å². The van der Waals surface area contributed by atoms with E-state index in [1.165, 1.54) is 12.1 Å². The number of aromatic carboxylic acids is 1. The number of ether oxygens (including phenoxy) is 1. The third kappa shape index (κ3) is 2.56. The molecule has 0 saturated carbocycles. The molecule has 0 aliphatic heterocycles. The van der Waals surface area contributed by atoms with Crippen LogP contribution in [-0.4, -0.2) is 17.7 Å². The van der Waals surface area contributed by atoms with Gasteiger partial charge in [0, 0.05) is 0 Å². The number of benzene rings is 1. The normalized spacial score (nSPS) is 9.73. The molecule has 0 fully saturated rings. The average molecular weight is 210 g/mol. The van der Waals surface area contributed by atoms with Gasteiger partial charge in [-0.15, -0.1) is 0 Å². The van der Waals surface area contributed by atoms with Crippen molar-refractivity contribution in [2.24, 2.45) is 0 Å². The first kappa shape index (κ1) is 11.2. The van der Waals surface area contributed by atoms with Gasteiger partial charge >= 0.3 is 5.97 Å². The molecule has 1 rings (SSSR count). The highest BCUT2D eigenvalue weighted by Crippen LogP contribution is 2.22. The lowest BCUT2D eigenvalue weighted by molar-refractivity contribution is 0.0695. The summed E-state index contributed by atoms with van der Waals surface area (Å²) in [5.74, 6) is -1.79. The van der Waals surface area contributed by atoms with Gasteiger partial charge in [0.25, 0.3) is 0 Å². The zero-order chi connectivity index (χ0) is 11.4. The molecule has 3 nitrogen and oxygen atoms in total. The van der Waals surface area contributed by atoms with Crippen LogP contribution in [0.3, 0.4) is 0 Å². The minimum atomic E-state index is -1.15. The number of carboxylic acid groups (broad SMARTS) is 1. The van der Waals surface area contributed by atoms with Gasteiger partial charge in [0.2, 0.25) is 0 Å². The third-order valence-corrected chi connectivity index (χ3v) is 1.87. The van der Waals surface area contributed by atoms with Gasteiger partial charge in [-0.2, -0.15) is 0 Å². The lowest BCUT2D eigenvalue weighted by atomic mass is 10.1. The van der Waals surface area contributed by atoms with E-state index in [0.29, 0.717) is 5.56 Å². The van der Waals surface area contributed by atoms with Crippen LogP contribution in [0.15, 0.2) is 24.8 Å². The van der Waals surface area contributed by atoms with Crippen molar-refractivity contribution < 1.29 is 19.0 Å². The van der Waals surface area contributed by atoms with Crippen molar-refractivity contribution in [1.29, 1.82) is 0 Å². The molecule has 0 aliphatic carbocycles. The maximum Gasteiger partial charge on any atom is 0.336 e. The van der Waals surface area contributed by atoms with Crippen LogP contribution in [0.2, 0.25) is 0 Å². The van der Waals surface area contributed by atoms with E-state index in [0.717, 1.165) is 6.07 Å². The summed E-state index contributed by atoms with van der Waals surface area (Å²) in [5.41, 5.74) is 0.404. The summed E-state index contributed by atoms with van der Waals surface area (Å²) in [6.07, 6.45) is 1.49. The summed E-state index contributed by atoms with van der Waals surface area (Å²) >= 11 is 0. The van der Waals surface area contributed by atoms with Crippen molar-refractivity contribution in [2.45, 2.75) is 6.92 Å². The van der Waals surface area contributed by atoms with Crippen LogP contribution >= 0.6 is 0 Å². The Balaban J connectivity index is 3.07. The van der Waals surface area contributed by atoms with Crippen molar-refractivity contribution in [2.75, 3.05) is 6.61 Å². The molecule has 0 aromatic heterocycles. The predicted octanol–water partition coefficient (Wildman–Crippen LogP) is 2.40. The Morgan fingerprint density at radius 3 is 2.87 bits per heavy atom. The fourth-order valence-electron chi connectivity index (χ4n) is 1.14. The molecule has 0 spiro atoms. The number of hydrogen-bond donors (Lipinski definition) is 1. The summed E-state index contributed by atoms with van der Waals surface area (Å²) in [7, 11) is 0. The highest BCUT2D eigenvalue weighted by molar-refractivity contribution is 5.89. The molecule has 1 aromatic carbocycles. The van der Waals surface area contributed by atoms with E-state index in [4.69, 9.17) is 9.84 Å². The molecule has 0 atom stereocenters. The van der Waals surface area contributed by atoms with Crippen LogP contribution in [0.4, 0.5) is 4.39 Å². The van der Waals surface area contributed by atoms with E-state index >= 15 is 0 Å². The molecule has 0 unspecified atom stereocenters. The maximum atomic E-state index is 13.3. The lowest BCUT2D eigenvalue weighted by Gasteiger charge is -2.07. The molecule has 0 radical (unpaired) electrons. The highest BCUT2D eigenvalue weighted by Gasteiger charge is 2.12. The van der Waals surface area contributed by atoms with Gasteiger partial charge in [0.05, 0.1) is 5.56 Å². The van der Waals surface area contributed by atoms with E-state index in [-0.39, 0.29) is 17.9 Å². The van der Waals surface area contributed by atoms with Crippen molar-refractivity contribution in [1.82, 2.24) is 0 Å². The predicted molar refractivity (Wildman–Crippen MR) is 53.8 cm³/mol. The van der Waals surface area contributed by atoms with Crippen LogP contribution in [0, 0.1) is 12.7 Å². The molecule has 4 heteroatoms. The molecule has 0 amide bonds. The van der Waals surface area contributed by atoms with E-state index in [1.54, 1.807) is 6.92 Å². The number of aryl methyl sites for hydroxylation is 1. The molecular weight excluding hydrogens is 199 g/mol. The number of rotatable bonds is 4. The molecule has 0 heterocycles. The zero-order valence-corrected chi connectivity index (χ0v) is 8.29. The summed E-state index contributed by atoms with van der Waals surface area (Å²) < 4.78 is 18.3. The fraction of sp³-hybridized carbons (Fsp3) is 0.182. The van der Waals surface area contributed by atoms with Crippen LogP contribution in [-0.2, 0) is 0 Å². The summed E-state index contributed by atoms with van der Waals surface area (Å²) in [5, 5.41) is 8.73. The number of carbonyl (C=O) groups is 1. The Morgan fingerprint density at radius 1 is 1.67 bits per heavy atom. The molecule has 1 aromatic rings.